The minimum atomic E-state index is -0.645. The summed E-state index contributed by atoms with van der Waals surface area (Å²) in [6.07, 6.45) is 2.39. The maximum atomic E-state index is 12.9. The summed E-state index contributed by atoms with van der Waals surface area (Å²) < 4.78 is 15.9. The molecule has 1 fully saturated rings. The van der Waals surface area contributed by atoms with Gasteiger partial charge in [0.1, 0.15) is 0 Å². The van der Waals surface area contributed by atoms with Crippen molar-refractivity contribution in [3.63, 3.8) is 0 Å². The lowest BCUT2D eigenvalue weighted by atomic mass is 9.90. The molecule has 6 heteroatoms. The van der Waals surface area contributed by atoms with E-state index in [-0.39, 0.29) is 5.91 Å². The van der Waals surface area contributed by atoms with Crippen LogP contribution in [0.2, 0.25) is 0 Å². The summed E-state index contributed by atoms with van der Waals surface area (Å²) >= 11 is 0. The summed E-state index contributed by atoms with van der Waals surface area (Å²) in [5.74, 6) is 0.914. The summed E-state index contributed by atoms with van der Waals surface area (Å²) in [6.45, 7) is 3.22. The third-order valence-corrected chi connectivity index (χ3v) is 5.53. The molecule has 1 amide bonds. The molecule has 3 rings (SSSR count). The van der Waals surface area contributed by atoms with Gasteiger partial charge in [0, 0.05) is 13.1 Å². The van der Waals surface area contributed by atoms with Crippen LogP contribution in [0.5, 0.6) is 11.5 Å². The highest BCUT2D eigenvalue weighted by molar-refractivity contribution is 5.90. The molecule has 0 radical (unpaired) electrons. The first kappa shape index (κ1) is 21.7. The van der Waals surface area contributed by atoms with E-state index < -0.39 is 12.1 Å². The number of amides is 1. The highest BCUT2D eigenvalue weighted by Gasteiger charge is 2.27. The van der Waals surface area contributed by atoms with Crippen LogP contribution < -0.4 is 9.47 Å². The molecular weight excluding hydrogens is 382 g/mol. The van der Waals surface area contributed by atoms with E-state index in [0.29, 0.717) is 23.0 Å². The Bertz CT molecular complexity index is 859. The van der Waals surface area contributed by atoms with Gasteiger partial charge in [0.15, 0.2) is 17.6 Å². The molecule has 0 aliphatic carbocycles. The van der Waals surface area contributed by atoms with Crippen LogP contribution in [0, 0.1) is 5.92 Å². The van der Waals surface area contributed by atoms with Crippen molar-refractivity contribution >= 4 is 11.9 Å². The summed E-state index contributed by atoms with van der Waals surface area (Å²) in [5.41, 5.74) is 1.71. The van der Waals surface area contributed by atoms with Crippen LogP contribution in [0.3, 0.4) is 0 Å². The smallest absolute Gasteiger partial charge is 0.337 e. The SMILES string of the molecule is COC(=O)c1ccc(OC(C)C(=O)N2CCC(Cc3ccccc3)CC2)c(OC)c1. The number of carbonyl (C=O) groups is 2. The van der Waals surface area contributed by atoms with E-state index in [9.17, 15) is 9.59 Å². The monoisotopic (exact) mass is 411 g/mol. The number of nitrogens with zero attached hydrogens (tertiary/aromatic N) is 1. The normalized spacial score (nSPS) is 15.4. The number of likely N-dealkylation sites (tertiary alicyclic amines) is 1. The van der Waals surface area contributed by atoms with Crippen molar-refractivity contribution in [3.8, 4) is 11.5 Å². The third-order valence-electron chi connectivity index (χ3n) is 5.53. The molecule has 1 saturated heterocycles. The second kappa shape index (κ2) is 10.1. The van der Waals surface area contributed by atoms with Crippen LogP contribution in [0.15, 0.2) is 48.5 Å². The minimum Gasteiger partial charge on any atom is -0.493 e. The number of hydrogen-bond acceptors (Lipinski definition) is 5. The van der Waals surface area contributed by atoms with Gasteiger partial charge < -0.3 is 19.1 Å². The largest absolute Gasteiger partial charge is 0.493 e. The van der Waals surface area contributed by atoms with Gasteiger partial charge in [0.2, 0.25) is 0 Å². The molecule has 1 heterocycles. The molecular formula is C24H29NO5. The Morgan fingerprint density at radius 3 is 2.37 bits per heavy atom. The predicted molar refractivity (Wildman–Crippen MR) is 114 cm³/mol. The van der Waals surface area contributed by atoms with Gasteiger partial charge >= 0.3 is 5.97 Å². The molecule has 0 spiro atoms. The van der Waals surface area contributed by atoms with Crippen LogP contribution >= 0.6 is 0 Å². The maximum absolute atomic E-state index is 12.9. The van der Waals surface area contributed by atoms with E-state index in [4.69, 9.17) is 14.2 Å². The lowest BCUT2D eigenvalue weighted by Gasteiger charge is -2.33. The molecule has 0 saturated carbocycles. The number of piperidine rings is 1. The maximum Gasteiger partial charge on any atom is 0.337 e. The fourth-order valence-corrected chi connectivity index (χ4v) is 3.81. The second-order valence-corrected chi connectivity index (χ2v) is 7.58. The van der Waals surface area contributed by atoms with Crippen molar-refractivity contribution in [1.29, 1.82) is 0 Å². The van der Waals surface area contributed by atoms with Crippen LogP contribution in [0.1, 0.15) is 35.7 Å². The number of rotatable bonds is 7. The predicted octanol–water partition coefficient (Wildman–Crippen LogP) is 3.73. The van der Waals surface area contributed by atoms with Gasteiger partial charge in [-0.3, -0.25) is 4.79 Å². The summed E-state index contributed by atoms with van der Waals surface area (Å²) in [6, 6.07) is 15.3. The lowest BCUT2D eigenvalue weighted by molar-refractivity contribution is -0.139. The van der Waals surface area contributed by atoms with Gasteiger partial charge in [-0.05, 0) is 55.9 Å². The van der Waals surface area contributed by atoms with E-state index in [0.717, 1.165) is 32.4 Å². The second-order valence-electron chi connectivity index (χ2n) is 7.58. The average molecular weight is 411 g/mol. The summed E-state index contributed by atoms with van der Waals surface area (Å²) in [4.78, 5) is 26.4. The van der Waals surface area contributed by atoms with E-state index in [1.807, 2.05) is 11.0 Å². The Morgan fingerprint density at radius 2 is 1.73 bits per heavy atom. The van der Waals surface area contributed by atoms with Crippen LogP contribution in [-0.4, -0.2) is 50.2 Å². The third kappa shape index (κ3) is 5.32. The van der Waals surface area contributed by atoms with Crippen molar-refractivity contribution in [2.24, 2.45) is 5.92 Å². The molecule has 30 heavy (non-hydrogen) atoms. The first-order valence-electron chi connectivity index (χ1n) is 10.3. The number of carbonyl (C=O) groups excluding carboxylic acids is 2. The van der Waals surface area contributed by atoms with Crippen molar-refractivity contribution < 1.29 is 23.8 Å². The average Bonchev–Trinajstić information content (AvgIpc) is 2.79. The fourth-order valence-electron chi connectivity index (χ4n) is 3.81. The Hall–Kier alpha value is -3.02. The standard InChI is InChI=1S/C24H29NO5/c1-17(30-21-10-9-20(24(27)29-3)16-22(21)28-2)23(26)25-13-11-19(12-14-25)15-18-7-5-4-6-8-18/h4-10,16-17,19H,11-15H2,1-3H3. The van der Waals surface area contributed by atoms with Crippen LogP contribution in [-0.2, 0) is 16.0 Å². The molecule has 2 aromatic carbocycles. The zero-order valence-corrected chi connectivity index (χ0v) is 17.8. The molecule has 0 bridgehead atoms. The van der Waals surface area contributed by atoms with Gasteiger partial charge in [-0.1, -0.05) is 30.3 Å². The Balaban J connectivity index is 1.55. The zero-order chi connectivity index (χ0) is 21.5. The Labute approximate surface area is 177 Å². The van der Waals surface area contributed by atoms with Crippen molar-refractivity contribution in [1.82, 2.24) is 4.90 Å². The van der Waals surface area contributed by atoms with Crippen molar-refractivity contribution in [2.45, 2.75) is 32.3 Å². The highest BCUT2D eigenvalue weighted by atomic mass is 16.5. The number of ether oxygens (including phenoxy) is 3. The topological polar surface area (TPSA) is 65.1 Å². The van der Waals surface area contributed by atoms with E-state index in [2.05, 4.69) is 24.3 Å². The van der Waals surface area contributed by atoms with Gasteiger partial charge in [-0.25, -0.2) is 4.79 Å². The molecule has 160 valence electrons. The minimum absolute atomic E-state index is 0.0349. The Kier molecular flexibility index (Phi) is 7.33. The number of hydrogen-bond donors (Lipinski definition) is 0. The summed E-state index contributed by atoms with van der Waals surface area (Å²) in [7, 11) is 2.82. The van der Waals surface area contributed by atoms with Crippen molar-refractivity contribution in [2.75, 3.05) is 27.3 Å². The Morgan fingerprint density at radius 1 is 1.03 bits per heavy atom. The molecule has 1 atom stereocenters. The number of esters is 1. The highest BCUT2D eigenvalue weighted by Crippen LogP contribution is 2.30. The lowest BCUT2D eigenvalue weighted by Crippen LogP contribution is -2.45. The van der Waals surface area contributed by atoms with Crippen LogP contribution in [0.4, 0.5) is 0 Å². The number of benzene rings is 2. The number of methoxy groups -OCH3 is 2. The fraction of sp³-hybridized carbons (Fsp3) is 0.417. The van der Waals surface area contributed by atoms with E-state index in [1.54, 1.807) is 25.1 Å². The van der Waals surface area contributed by atoms with E-state index in [1.165, 1.54) is 19.8 Å². The molecule has 1 aliphatic heterocycles. The van der Waals surface area contributed by atoms with E-state index >= 15 is 0 Å². The quantitative estimate of drug-likeness (QED) is 0.650. The molecule has 6 nitrogen and oxygen atoms in total. The van der Waals surface area contributed by atoms with Gasteiger partial charge in [0.25, 0.3) is 5.91 Å². The first-order chi connectivity index (χ1) is 14.5. The first-order valence-corrected chi connectivity index (χ1v) is 10.3. The molecule has 1 unspecified atom stereocenters. The molecule has 1 aliphatic rings. The zero-order valence-electron chi connectivity index (χ0n) is 17.8. The van der Waals surface area contributed by atoms with Gasteiger partial charge in [-0.2, -0.15) is 0 Å². The molecule has 2 aromatic rings. The van der Waals surface area contributed by atoms with Crippen LogP contribution in [0.25, 0.3) is 0 Å². The summed E-state index contributed by atoms with van der Waals surface area (Å²) in [5, 5.41) is 0. The van der Waals surface area contributed by atoms with Gasteiger partial charge in [0.05, 0.1) is 19.8 Å². The molecule has 0 N–H and O–H groups in total. The molecule has 0 aromatic heterocycles. The van der Waals surface area contributed by atoms with Gasteiger partial charge in [-0.15, -0.1) is 0 Å². The van der Waals surface area contributed by atoms with Crippen molar-refractivity contribution in [3.05, 3.63) is 59.7 Å².